The largest absolute Gasteiger partial charge is 0.477 e. The lowest BCUT2D eigenvalue weighted by Gasteiger charge is -2.25. The summed E-state index contributed by atoms with van der Waals surface area (Å²) in [7, 11) is 0. The average Bonchev–Trinajstić information content (AvgIpc) is 2.60. The Kier molecular flexibility index (Phi) is 4.65. The first-order valence-corrected chi connectivity index (χ1v) is 8.26. The van der Waals surface area contributed by atoms with Gasteiger partial charge in [-0.15, -0.1) is 0 Å². The van der Waals surface area contributed by atoms with Gasteiger partial charge in [-0.05, 0) is 30.9 Å². The van der Waals surface area contributed by atoms with Gasteiger partial charge in [-0.3, -0.25) is 14.8 Å². The molecular weight excluding hydrogens is 320 g/mol. The molecule has 0 spiro atoms. The number of carboxylic acids is 1. The van der Waals surface area contributed by atoms with E-state index >= 15 is 0 Å². The minimum Gasteiger partial charge on any atom is -0.477 e. The molecule has 1 atom stereocenters. The zero-order chi connectivity index (χ0) is 18.0. The highest BCUT2D eigenvalue weighted by molar-refractivity contribution is 5.99. The van der Waals surface area contributed by atoms with Crippen LogP contribution in [0.3, 0.4) is 0 Å². The number of anilines is 1. The number of para-hydroxylation sites is 1. The Bertz CT molecular complexity index is 887. The lowest BCUT2D eigenvalue weighted by atomic mass is 9.98. The molecule has 1 unspecified atom stereocenters. The Morgan fingerprint density at radius 2 is 2.12 bits per heavy atom. The van der Waals surface area contributed by atoms with Crippen molar-refractivity contribution < 1.29 is 9.90 Å². The number of nitrogens with one attached hydrogen (secondary N) is 1. The molecule has 2 N–H and O–H groups in total. The first kappa shape index (κ1) is 16.9. The maximum Gasteiger partial charge on any atom is 0.343 e. The van der Waals surface area contributed by atoms with Crippen LogP contribution in [0.1, 0.15) is 42.1 Å². The van der Waals surface area contributed by atoms with Crippen molar-refractivity contribution in [2.75, 3.05) is 5.43 Å². The molecule has 130 valence electrons. The maximum absolute atomic E-state index is 12.7. The number of rotatable bonds is 4. The summed E-state index contributed by atoms with van der Waals surface area (Å²) in [5.41, 5.74) is 4.03. The van der Waals surface area contributed by atoms with E-state index in [0.29, 0.717) is 36.6 Å². The molecule has 1 aliphatic heterocycles. The molecule has 0 aliphatic carbocycles. The van der Waals surface area contributed by atoms with E-state index in [1.807, 2.05) is 37.3 Å². The molecule has 0 saturated carbocycles. The summed E-state index contributed by atoms with van der Waals surface area (Å²) < 4.78 is 1.43. The van der Waals surface area contributed by atoms with Crippen molar-refractivity contribution in [3.05, 3.63) is 57.8 Å². The standard InChI is InChI=1S/C18H20N4O3/c1-3-13-15(18(24)25)17(23)22-10-11(2)9-14(16(22)19-13)21-20-12-7-5-4-6-8-12/h4-8,11,20H,3,9-10H2,1-2H3,(H,24,25). The van der Waals surface area contributed by atoms with E-state index in [9.17, 15) is 14.7 Å². The second-order valence-electron chi connectivity index (χ2n) is 6.18. The SMILES string of the molecule is CCc1nc2n(c(=O)c1C(=O)O)CC(C)CC2=NNc1ccccc1. The highest BCUT2D eigenvalue weighted by Crippen LogP contribution is 2.19. The monoisotopic (exact) mass is 340 g/mol. The lowest BCUT2D eigenvalue weighted by molar-refractivity contribution is 0.0692. The number of nitrogens with zero attached hydrogens (tertiary/aromatic N) is 3. The third kappa shape index (κ3) is 3.31. The molecule has 0 radical (unpaired) electrons. The van der Waals surface area contributed by atoms with Gasteiger partial charge in [-0.25, -0.2) is 9.78 Å². The Balaban J connectivity index is 2.09. The van der Waals surface area contributed by atoms with E-state index in [1.54, 1.807) is 6.92 Å². The quantitative estimate of drug-likeness (QED) is 0.833. The molecule has 0 saturated heterocycles. The molecule has 1 aromatic heterocycles. The van der Waals surface area contributed by atoms with Crippen LogP contribution in [0.25, 0.3) is 0 Å². The summed E-state index contributed by atoms with van der Waals surface area (Å²) in [6.07, 6.45) is 1.04. The van der Waals surface area contributed by atoms with Gasteiger partial charge in [0.2, 0.25) is 0 Å². The van der Waals surface area contributed by atoms with Crippen molar-refractivity contribution in [2.45, 2.75) is 33.2 Å². The number of hydrogen-bond acceptors (Lipinski definition) is 5. The van der Waals surface area contributed by atoms with E-state index in [-0.39, 0.29) is 11.5 Å². The molecule has 0 amide bonds. The van der Waals surface area contributed by atoms with Gasteiger partial charge < -0.3 is 5.11 Å². The van der Waals surface area contributed by atoms with Crippen LogP contribution in [0, 0.1) is 5.92 Å². The minimum absolute atomic E-state index is 0.164. The van der Waals surface area contributed by atoms with Crippen molar-refractivity contribution >= 4 is 17.4 Å². The Morgan fingerprint density at radius 1 is 1.40 bits per heavy atom. The number of carbonyl (C=O) groups is 1. The third-order valence-electron chi connectivity index (χ3n) is 4.18. The van der Waals surface area contributed by atoms with Crippen molar-refractivity contribution in [3.63, 3.8) is 0 Å². The Labute approximate surface area is 145 Å². The van der Waals surface area contributed by atoms with Gasteiger partial charge in [0.1, 0.15) is 11.3 Å². The number of benzene rings is 1. The molecule has 0 fully saturated rings. The van der Waals surface area contributed by atoms with Gasteiger partial charge in [0.25, 0.3) is 5.56 Å². The second kappa shape index (κ2) is 6.88. The molecule has 0 bridgehead atoms. The number of carboxylic acid groups (broad SMARTS) is 1. The minimum atomic E-state index is -1.23. The normalized spacial score (nSPS) is 18.0. The number of aromatic nitrogens is 2. The molecule has 1 aromatic carbocycles. The molecule has 7 heteroatoms. The second-order valence-corrected chi connectivity index (χ2v) is 6.18. The molecule has 1 aliphatic rings. The van der Waals surface area contributed by atoms with Gasteiger partial charge in [0.15, 0.2) is 5.82 Å². The van der Waals surface area contributed by atoms with Crippen LogP contribution in [0.15, 0.2) is 40.2 Å². The van der Waals surface area contributed by atoms with E-state index in [1.165, 1.54) is 4.57 Å². The number of hydrazone groups is 1. The topological polar surface area (TPSA) is 96.6 Å². The summed E-state index contributed by atoms with van der Waals surface area (Å²) in [5.74, 6) is -0.616. The zero-order valence-electron chi connectivity index (χ0n) is 14.2. The number of aromatic carboxylic acids is 1. The van der Waals surface area contributed by atoms with E-state index < -0.39 is 11.5 Å². The van der Waals surface area contributed by atoms with Crippen LogP contribution < -0.4 is 11.0 Å². The summed E-state index contributed by atoms with van der Waals surface area (Å²) in [6.45, 7) is 4.23. The van der Waals surface area contributed by atoms with Gasteiger partial charge in [-0.2, -0.15) is 5.10 Å². The fraction of sp³-hybridized carbons (Fsp3) is 0.333. The van der Waals surface area contributed by atoms with Crippen LogP contribution in [0.4, 0.5) is 5.69 Å². The highest BCUT2D eigenvalue weighted by Gasteiger charge is 2.28. The van der Waals surface area contributed by atoms with Crippen LogP contribution in [0.5, 0.6) is 0 Å². The number of aryl methyl sites for hydroxylation is 1. The Hall–Kier alpha value is -2.96. The molecule has 2 heterocycles. The molecule has 3 rings (SSSR count). The van der Waals surface area contributed by atoms with E-state index in [0.717, 1.165) is 5.69 Å². The van der Waals surface area contributed by atoms with Crippen LogP contribution in [-0.4, -0.2) is 26.3 Å². The van der Waals surface area contributed by atoms with Gasteiger partial charge in [0, 0.05) is 6.54 Å². The van der Waals surface area contributed by atoms with Crippen molar-refractivity contribution in [2.24, 2.45) is 11.0 Å². The summed E-state index contributed by atoms with van der Waals surface area (Å²) in [5, 5.41) is 13.8. The van der Waals surface area contributed by atoms with Crippen LogP contribution in [0.2, 0.25) is 0 Å². The molecule has 7 nitrogen and oxygen atoms in total. The Morgan fingerprint density at radius 3 is 2.76 bits per heavy atom. The van der Waals surface area contributed by atoms with Crippen molar-refractivity contribution in [1.82, 2.24) is 9.55 Å². The highest BCUT2D eigenvalue weighted by atomic mass is 16.4. The van der Waals surface area contributed by atoms with Gasteiger partial charge in [0.05, 0.1) is 11.4 Å². The smallest absolute Gasteiger partial charge is 0.343 e. The van der Waals surface area contributed by atoms with E-state index in [2.05, 4.69) is 15.5 Å². The predicted octanol–water partition coefficient (Wildman–Crippen LogP) is 2.36. The fourth-order valence-corrected chi connectivity index (χ4v) is 3.00. The van der Waals surface area contributed by atoms with Crippen LogP contribution in [-0.2, 0) is 13.0 Å². The van der Waals surface area contributed by atoms with Crippen molar-refractivity contribution in [1.29, 1.82) is 0 Å². The maximum atomic E-state index is 12.7. The fourth-order valence-electron chi connectivity index (χ4n) is 3.00. The number of hydrogen-bond donors (Lipinski definition) is 2. The zero-order valence-corrected chi connectivity index (χ0v) is 14.2. The average molecular weight is 340 g/mol. The number of fused-ring (bicyclic) bond motifs is 1. The van der Waals surface area contributed by atoms with E-state index in [4.69, 9.17) is 0 Å². The molecular formula is C18H20N4O3. The molecule has 2 aromatic rings. The van der Waals surface area contributed by atoms with Crippen LogP contribution >= 0.6 is 0 Å². The lowest BCUT2D eigenvalue weighted by Crippen LogP contribution is -2.39. The first-order valence-electron chi connectivity index (χ1n) is 8.26. The first-order chi connectivity index (χ1) is 12.0. The van der Waals surface area contributed by atoms with Gasteiger partial charge in [-0.1, -0.05) is 32.0 Å². The molecule has 25 heavy (non-hydrogen) atoms. The summed E-state index contributed by atoms with van der Waals surface area (Å²) >= 11 is 0. The summed E-state index contributed by atoms with van der Waals surface area (Å²) in [6, 6.07) is 9.50. The predicted molar refractivity (Wildman–Crippen MR) is 95.2 cm³/mol. The summed E-state index contributed by atoms with van der Waals surface area (Å²) in [4.78, 5) is 28.6. The van der Waals surface area contributed by atoms with Gasteiger partial charge >= 0.3 is 5.97 Å². The van der Waals surface area contributed by atoms with Crippen molar-refractivity contribution in [3.8, 4) is 0 Å². The third-order valence-corrected chi connectivity index (χ3v) is 4.18.